The highest BCUT2D eigenvalue weighted by atomic mass is 16.5. The molecule has 0 saturated heterocycles. The van der Waals surface area contributed by atoms with Crippen LogP contribution in [0.3, 0.4) is 0 Å². The molecule has 2 heteroatoms. The van der Waals surface area contributed by atoms with E-state index in [0.29, 0.717) is 11.3 Å². The second-order valence-corrected chi connectivity index (χ2v) is 4.16. The van der Waals surface area contributed by atoms with Gasteiger partial charge in [-0.2, -0.15) is 0 Å². The largest absolute Gasteiger partial charge is 0.423 e. The fraction of sp³-hybridized carbons (Fsp3) is 0.318. The van der Waals surface area contributed by atoms with Gasteiger partial charge in [-0.15, -0.1) is 0 Å². The highest BCUT2D eigenvalue weighted by Gasteiger charge is 2.13. The lowest BCUT2D eigenvalue weighted by atomic mass is 10.1. The maximum atomic E-state index is 12.2. The SMILES string of the molecule is C=C/C=C\C(=C/C)C(=C)OC(=O)c1ccccc1CC.CC.CC. The lowest BCUT2D eigenvalue weighted by Gasteiger charge is -2.10. The Labute approximate surface area is 148 Å². The van der Waals surface area contributed by atoms with Crippen LogP contribution in [0, 0.1) is 0 Å². The molecule has 0 fully saturated rings. The Morgan fingerprint density at radius 2 is 1.75 bits per heavy atom. The molecule has 0 amide bonds. The van der Waals surface area contributed by atoms with Gasteiger partial charge in [0.15, 0.2) is 0 Å². The van der Waals surface area contributed by atoms with Crippen LogP contribution in [0.2, 0.25) is 0 Å². The Morgan fingerprint density at radius 3 is 2.25 bits per heavy atom. The van der Waals surface area contributed by atoms with Crippen LogP contribution in [0.15, 0.2) is 73.1 Å². The number of hydrogen-bond acceptors (Lipinski definition) is 2. The molecule has 2 nitrogen and oxygen atoms in total. The molecule has 0 N–H and O–H groups in total. The highest BCUT2D eigenvalue weighted by molar-refractivity contribution is 5.92. The van der Waals surface area contributed by atoms with E-state index in [0.717, 1.165) is 17.6 Å². The van der Waals surface area contributed by atoms with Crippen molar-refractivity contribution >= 4 is 5.97 Å². The first-order valence-corrected chi connectivity index (χ1v) is 8.58. The maximum absolute atomic E-state index is 12.2. The Hall–Kier alpha value is -2.35. The van der Waals surface area contributed by atoms with Gasteiger partial charge in [0.2, 0.25) is 0 Å². The van der Waals surface area contributed by atoms with Gasteiger partial charge in [0.25, 0.3) is 0 Å². The highest BCUT2D eigenvalue weighted by Crippen LogP contribution is 2.17. The minimum atomic E-state index is -0.376. The molecule has 132 valence electrons. The average Bonchev–Trinajstić information content (AvgIpc) is 2.65. The third-order valence-electron chi connectivity index (χ3n) is 2.88. The summed E-state index contributed by atoms with van der Waals surface area (Å²) < 4.78 is 5.34. The lowest BCUT2D eigenvalue weighted by Crippen LogP contribution is -2.08. The summed E-state index contributed by atoms with van der Waals surface area (Å²) in [6, 6.07) is 7.43. The van der Waals surface area contributed by atoms with Crippen molar-refractivity contribution < 1.29 is 9.53 Å². The van der Waals surface area contributed by atoms with Gasteiger partial charge < -0.3 is 4.74 Å². The summed E-state index contributed by atoms with van der Waals surface area (Å²) in [5.41, 5.74) is 2.31. The van der Waals surface area contributed by atoms with E-state index in [-0.39, 0.29) is 5.97 Å². The molecule has 24 heavy (non-hydrogen) atoms. The second-order valence-electron chi connectivity index (χ2n) is 4.16. The number of esters is 1. The van der Waals surface area contributed by atoms with Gasteiger partial charge in [-0.1, -0.05) is 90.3 Å². The van der Waals surface area contributed by atoms with Crippen molar-refractivity contribution in [1.82, 2.24) is 0 Å². The zero-order chi connectivity index (χ0) is 19.0. The van der Waals surface area contributed by atoms with Crippen molar-refractivity contribution in [3.63, 3.8) is 0 Å². The summed E-state index contributed by atoms with van der Waals surface area (Å²) >= 11 is 0. The Balaban J connectivity index is 0. The van der Waals surface area contributed by atoms with Gasteiger partial charge in [-0.05, 0) is 25.0 Å². The fourth-order valence-electron chi connectivity index (χ4n) is 1.78. The van der Waals surface area contributed by atoms with Gasteiger partial charge in [0.1, 0.15) is 5.76 Å². The molecule has 0 radical (unpaired) electrons. The van der Waals surface area contributed by atoms with E-state index in [1.807, 2.05) is 65.8 Å². The number of allylic oxidation sites excluding steroid dienone is 4. The monoisotopic (exact) mass is 328 g/mol. The molecular weight excluding hydrogens is 296 g/mol. The predicted octanol–water partition coefficient (Wildman–Crippen LogP) is 6.66. The number of hydrogen-bond donors (Lipinski definition) is 0. The third kappa shape index (κ3) is 8.33. The summed E-state index contributed by atoms with van der Waals surface area (Å²) in [5.74, 6) is -0.0414. The van der Waals surface area contributed by atoms with E-state index in [4.69, 9.17) is 4.74 Å². The summed E-state index contributed by atoms with van der Waals surface area (Å²) in [6.07, 6.45) is 7.85. The summed E-state index contributed by atoms with van der Waals surface area (Å²) in [4.78, 5) is 12.2. The molecule has 0 bridgehead atoms. The average molecular weight is 328 g/mol. The molecule has 0 spiro atoms. The Bertz CT molecular complexity index is 563. The third-order valence-corrected chi connectivity index (χ3v) is 2.88. The summed E-state index contributed by atoms with van der Waals surface area (Å²) in [5, 5.41) is 0. The first-order valence-electron chi connectivity index (χ1n) is 8.58. The molecule has 0 atom stereocenters. The summed E-state index contributed by atoms with van der Waals surface area (Å²) in [7, 11) is 0. The second kappa shape index (κ2) is 15.5. The maximum Gasteiger partial charge on any atom is 0.343 e. The molecule has 0 unspecified atom stereocenters. The van der Waals surface area contributed by atoms with E-state index in [1.165, 1.54) is 0 Å². The topological polar surface area (TPSA) is 26.3 Å². The van der Waals surface area contributed by atoms with E-state index >= 15 is 0 Å². The van der Waals surface area contributed by atoms with E-state index in [1.54, 1.807) is 24.3 Å². The zero-order valence-electron chi connectivity index (χ0n) is 16.1. The molecule has 1 aromatic rings. The minimum Gasteiger partial charge on any atom is -0.423 e. The number of carbonyl (C=O) groups is 1. The van der Waals surface area contributed by atoms with Gasteiger partial charge >= 0.3 is 5.97 Å². The van der Waals surface area contributed by atoms with Crippen LogP contribution >= 0.6 is 0 Å². The number of rotatable bonds is 6. The molecule has 1 rings (SSSR count). The van der Waals surface area contributed by atoms with Gasteiger partial charge in [-0.3, -0.25) is 0 Å². The van der Waals surface area contributed by atoms with Crippen molar-refractivity contribution in [2.75, 3.05) is 0 Å². The smallest absolute Gasteiger partial charge is 0.343 e. The van der Waals surface area contributed by atoms with Crippen molar-refractivity contribution in [3.05, 3.63) is 84.2 Å². The van der Waals surface area contributed by atoms with Crippen LogP contribution in [0.1, 0.15) is 57.5 Å². The number of carbonyl (C=O) groups excluding carboxylic acids is 1. The Morgan fingerprint density at radius 1 is 1.17 bits per heavy atom. The molecule has 0 aliphatic carbocycles. The molecule has 0 saturated carbocycles. The molecule has 0 aliphatic rings. The minimum absolute atomic E-state index is 0.335. The van der Waals surface area contributed by atoms with Crippen LogP contribution in [0.5, 0.6) is 0 Å². The molecule has 0 aliphatic heterocycles. The molecule has 1 aromatic carbocycles. The van der Waals surface area contributed by atoms with Crippen molar-refractivity contribution in [1.29, 1.82) is 0 Å². The normalized spacial score (nSPS) is 10.0. The molecule has 0 heterocycles. The van der Waals surface area contributed by atoms with Gasteiger partial charge in [0, 0.05) is 5.57 Å². The van der Waals surface area contributed by atoms with Crippen LogP contribution in [-0.2, 0) is 11.2 Å². The van der Waals surface area contributed by atoms with Gasteiger partial charge in [-0.25, -0.2) is 4.79 Å². The van der Waals surface area contributed by atoms with E-state index in [2.05, 4.69) is 13.2 Å². The van der Waals surface area contributed by atoms with Crippen LogP contribution in [0.25, 0.3) is 0 Å². The van der Waals surface area contributed by atoms with Crippen LogP contribution in [0.4, 0.5) is 0 Å². The van der Waals surface area contributed by atoms with Crippen molar-refractivity contribution in [3.8, 4) is 0 Å². The van der Waals surface area contributed by atoms with E-state index in [9.17, 15) is 4.79 Å². The van der Waals surface area contributed by atoms with Crippen molar-refractivity contribution in [2.24, 2.45) is 0 Å². The lowest BCUT2D eigenvalue weighted by molar-refractivity contribution is 0.0634. The van der Waals surface area contributed by atoms with Gasteiger partial charge in [0.05, 0.1) is 5.56 Å². The number of aryl methyl sites for hydroxylation is 1. The standard InChI is InChI=1S/C18H20O2.2C2H6/c1-5-8-11-15(6-2)14(4)20-18(19)17-13-10-9-12-16(17)7-3;2*1-2/h5-6,8-13H,1,4,7H2,2-3H3;2*1-2H3/b11-8-,15-6+;;. The zero-order valence-corrected chi connectivity index (χ0v) is 16.1. The number of ether oxygens (including phenoxy) is 1. The molecular formula is C22H32O2. The quantitative estimate of drug-likeness (QED) is 0.331. The Kier molecular flexibility index (Phi) is 15.5. The fourth-order valence-corrected chi connectivity index (χ4v) is 1.78. The van der Waals surface area contributed by atoms with E-state index < -0.39 is 0 Å². The number of benzene rings is 1. The van der Waals surface area contributed by atoms with Crippen LogP contribution in [-0.4, -0.2) is 5.97 Å². The first-order chi connectivity index (χ1) is 11.6. The predicted molar refractivity (Wildman–Crippen MR) is 106 cm³/mol. The first kappa shape index (κ1) is 23.9. The van der Waals surface area contributed by atoms with Crippen molar-refractivity contribution in [2.45, 2.75) is 48.0 Å². The summed E-state index contributed by atoms with van der Waals surface area (Å²) in [6.45, 7) is 19.3. The van der Waals surface area contributed by atoms with Crippen LogP contribution < -0.4 is 0 Å². The molecule has 0 aromatic heterocycles.